The lowest BCUT2D eigenvalue weighted by Gasteiger charge is -2.25. The number of aryl methyl sites for hydroxylation is 1. The molecule has 244 valence electrons. The number of amidine groups is 1. The van der Waals surface area contributed by atoms with Gasteiger partial charge in [-0.1, -0.05) is 12.1 Å². The van der Waals surface area contributed by atoms with Crippen molar-refractivity contribution in [1.29, 1.82) is 5.26 Å². The lowest BCUT2D eigenvalue weighted by molar-refractivity contribution is -0.140. The molecular weight excluding hydrogens is 604 g/mol. The number of rotatable bonds is 10. The largest absolute Gasteiger partial charge is 0.480 e. The number of nitrogens with zero attached hydrogens (tertiary/aromatic N) is 4. The molecule has 1 aromatic heterocycles. The zero-order chi connectivity index (χ0) is 33.5. The molecule has 3 amide bonds. The number of nitriles is 1. The van der Waals surface area contributed by atoms with E-state index < -0.39 is 36.2 Å². The second-order valence-corrected chi connectivity index (χ2v) is 11.7. The summed E-state index contributed by atoms with van der Waals surface area (Å²) in [7, 11) is 0. The Bertz CT molecular complexity index is 1750. The van der Waals surface area contributed by atoms with Crippen LogP contribution in [0.3, 0.4) is 0 Å². The van der Waals surface area contributed by atoms with Crippen molar-refractivity contribution in [2.45, 2.75) is 45.1 Å². The van der Waals surface area contributed by atoms with Crippen LogP contribution in [0.25, 0.3) is 11.0 Å². The number of furan rings is 1. The van der Waals surface area contributed by atoms with Crippen molar-refractivity contribution in [2.75, 3.05) is 38.0 Å². The summed E-state index contributed by atoms with van der Waals surface area (Å²) in [5.74, 6) is -3.63. The number of aliphatic imine (C=N–C) groups is 1. The van der Waals surface area contributed by atoms with Crippen molar-refractivity contribution in [3.05, 3.63) is 65.4 Å². The number of carboxylic acids is 1. The fraction of sp³-hybridized carbons (Fsp3) is 0.382. The van der Waals surface area contributed by atoms with Crippen LogP contribution in [-0.2, 0) is 14.4 Å². The molecule has 0 aliphatic carbocycles. The van der Waals surface area contributed by atoms with Crippen molar-refractivity contribution in [3.8, 4) is 6.07 Å². The number of aliphatic carboxylic acids is 1. The Kier molecular flexibility index (Phi) is 10.3. The van der Waals surface area contributed by atoms with Gasteiger partial charge in [-0.3, -0.25) is 29.0 Å². The molecule has 0 spiro atoms. The first kappa shape index (κ1) is 32.9. The van der Waals surface area contributed by atoms with Crippen molar-refractivity contribution in [3.63, 3.8) is 0 Å². The summed E-state index contributed by atoms with van der Waals surface area (Å²) < 4.78 is 5.67. The van der Waals surface area contributed by atoms with Crippen LogP contribution in [0, 0.1) is 24.2 Å². The predicted molar refractivity (Wildman–Crippen MR) is 172 cm³/mol. The van der Waals surface area contributed by atoms with Crippen LogP contribution < -0.4 is 10.6 Å². The quantitative estimate of drug-likeness (QED) is 0.170. The molecular formula is C34H36N6O7. The van der Waals surface area contributed by atoms with E-state index in [9.17, 15) is 29.2 Å². The van der Waals surface area contributed by atoms with Gasteiger partial charge in [0.25, 0.3) is 5.91 Å². The zero-order valence-corrected chi connectivity index (χ0v) is 26.0. The topological polar surface area (TPSA) is 185 Å². The first-order chi connectivity index (χ1) is 22.6. The third-order valence-electron chi connectivity index (χ3n) is 8.24. The molecule has 5 rings (SSSR count). The summed E-state index contributed by atoms with van der Waals surface area (Å²) in [6.07, 6.45) is 3.62. The standard InChI is InChI=1S/C34H36N6O7/c1-21-16-24-17-25(11-12-28(24)47-21)37-32(26(18-35)31(44)22-7-9-23(10-8-22)33(45)36-19-30(42)43)38-27-6-2-3-15-40(34(27)46)20-29(41)39-13-4-5-14-39/h7-12,16-17,26-27H,2-6,13-15,19-20H2,1H3,(H,36,45)(H,37,38)(H,42,43)/t26?,27-/m0/s1. The minimum Gasteiger partial charge on any atom is -0.480 e. The summed E-state index contributed by atoms with van der Waals surface area (Å²) in [5, 5.41) is 25.3. The van der Waals surface area contributed by atoms with Crippen molar-refractivity contribution < 1.29 is 33.5 Å². The van der Waals surface area contributed by atoms with Gasteiger partial charge in [-0.25, -0.2) is 0 Å². The number of carboxylic acid groups (broad SMARTS) is 1. The van der Waals surface area contributed by atoms with E-state index in [0.717, 1.165) is 18.2 Å². The number of Topliss-reactive ketones (excluding diaryl/α,β-unsaturated/α-hetero) is 1. The average Bonchev–Trinajstić information content (AvgIpc) is 3.70. The van der Waals surface area contributed by atoms with Gasteiger partial charge in [0.2, 0.25) is 11.8 Å². The number of likely N-dealkylation sites (tertiary alicyclic amines) is 2. The molecule has 0 bridgehead atoms. The number of carbonyl (C=O) groups is 5. The molecule has 13 nitrogen and oxygen atoms in total. The van der Waals surface area contributed by atoms with Gasteiger partial charge in [-0.05, 0) is 75.4 Å². The molecule has 3 N–H and O–H groups in total. The molecule has 3 aromatic rings. The fourth-order valence-corrected chi connectivity index (χ4v) is 5.79. The highest BCUT2D eigenvalue weighted by atomic mass is 16.4. The Morgan fingerprint density at radius 1 is 1.02 bits per heavy atom. The maximum absolute atomic E-state index is 13.8. The van der Waals surface area contributed by atoms with E-state index >= 15 is 0 Å². The number of ketones is 1. The van der Waals surface area contributed by atoms with Gasteiger partial charge in [0.1, 0.15) is 29.8 Å². The van der Waals surface area contributed by atoms with Crippen LogP contribution >= 0.6 is 0 Å². The first-order valence-corrected chi connectivity index (χ1v) is 15.6. The Hall–Kier alpha value is -5.51. The number of benzene rings is 2. The Balaban J connectivity index is 1.44. The van der Waals surface area contributed by atoms with Crippen LogP contribution in [0.15, 0.2) is 57.9 Å². The van der Waals surface area contributed by atoms with Gasteiger partial charge >= 0.3 is 5.97 Å². The Labute approximate surface area is 271 Å². The SMILES string of the molecule is Cc1cc2cc(NC(=N[C@H]3CCCCN(CC(=O)N4CCCC4)C3=O)C(C#N)C(=O)c3ccc(C(=O)NCC(=O)O)cc3)ccc2o1. The average molecular weight is 641 g/mol. The van der Waals surface area contributed by atoms with Gasteiger partial charge in [0.05, 0.1) is 12.6 Å². The molecule has 2 aliphatic rings. The maximum Gasteiger partial charge on any atom is 0.322 e. The van der Waals surface area contributed by atoms with Crippen molar-refractivity contribution in [2.24, 2.45) is 10.9 Å². The maximum atomic E-state index is 13.8. The summed E-state index contributed by atoms with van der Waals surface area (Å²) in [6, 6.07) is 13.7. The number of carbonyl (C=O) groups excluding carboxylic acids is 4. The summed E-state index contributed by atoms with van der Waals surface area (Å²) in [6.45, 7) is 2.99. The van der Waals surface area contributed by atoms with Gasteiger partial charge in [0.15, 0.2) is 11.7 Å². The highest BCUT2D eigenvalue weighted by Gasteiger charge is 2.33. The highest BCUT2D eigenvalue weighted by molar-refractivity contribution is 6.18. The van der Waals surface area contributed by atoms with Crippen LogP contribution in [0.1, 0.15) is 58.6 Å². The number of nitrogens with one attached hydrogen (secondary N) is 2. The zero-order valence-electron chi connectivity index (χ0n) is 26.0. The predicted octanol–water partition coefficient (Wildman–Crippen LogP) is 3.39. The van der Waals surface area contributed by atoms with Crippen LogP contribution in [0.2, 0.25) is 0 Å². The van der Waals surface area contributed by atoms with Gasteiger partial charge < -0.3 is 30.0 Å². The first-order valence-electron chi connectivity index (χ1n) is 15.6. The normalized spacial score (nSPS) is 17.6. The third kappa shape index (κ3) is 8.02. The second-order valence-electron chi connectivity index (χ2n) is 11.7. The molecule has 2 aliphatic heterocycles. The molecule has 2 fully saturated rings. The smallest absolute Gasteiger partial charge is 0.322 e. The number of amides is 3. The van der Waals surface area contributed by atoms with E-state index in [2.05, 4.69) is 10.6 Å². The van der Waals surface area contributed by atoms with Gasteiger partial charge in [-0.2, -0.15) is 5.26 Å². The monoisotopic (exact) mass is 640 g/mol. The second kappa shape index (κ2) is 14.7. The van der Waals surface area contributed by atoms with Crippen LogP contribution in [0.4, 0.5) is 5.69 Å². The highest BCUT2D eigenvalue weighted by Crippen LogP contribution is 2.25. The van der Waals surface area contributed by atoms with E-state index in [1.165, 1.54) is 29.2 Å². The van der Waals surface area contributed by atoms with E-state index in [-0.39, 0.29) is 35.3 Å². The van der Waals surface area contributed by atoms with E-state index in [0.29, 0.717) is 55.9 Å². The van der Waals surface area contributed by atoms with Crippen molar-refractivity contribution >= 4 is 52.0 Å². The number of hydrogen-bond acceptors (Lipinski definition) is 8. The molecule has 2 aromatic carbocycles. The van der Waals surface area contributed by atoms with Gasteiger partial charge in [0, 0.05) is 41.8 Å². The summed E-state index contributed by atoms with van der Waals surface area (Å²) in [5.41, 5.74) is 1.44. The Morgan fingerprint density at radius 3 is 2.43 bits per heavy atom. The fourth-order valence-electron chi connectivity index (χ4n) is 5.79. The molecule has 47 heavy (non-hydrogen) atoms. The third-order valence-corrected chi connectivity index (χ3v) is 8.24. The molecule has 0 radical (unpaired) electrons. The van der Waals surface area contributed by atoms with E-state index in [1.54, 1.807) is 23.1 Å². The Morgan fingerprint density at radius 2 is 1.72 bits per heavy atom. The lowest BCUT2D eigenvalue weighted by atomic mass is 9.96. The van der Waals surface area contributed by atoms with Crippen molar-refractivity contribution in [1.82, 2.24) is 15.1 Å². The molecule has 2 atom stereocenters. The lowest BCUT2D eigenvalue weighted by Crippen LogP contribution is -2.45. The van der Waals surface area contributed by atoms with Crippen LogP contribution in [0.5, 0.6) is 0 Å². The number of hydrogen-bond donors (Lipinski definition) is 3. The molecule has 1 unspecified atom stereocenters. The summed E-state index contributed by atoms with van der Waals surface area (Å²) >= 11 is 0. The summed E-state index contributed by atoms with van der Waals surface area (Å²) in [4.78, 5) is 71.6. The van der Waals surface area contributed by atoms with Crippen LogP contribution in [-0.4, -0.2) is 89.0 Å². The number of anilines is 1. The van der Waals surface area contributed by atoms with E-state index in [4.69, 9.17) is 14.5 Å². The molecule has 13 heteroatoms. The molecule has 3 heterocycles. The van der Waals surface area contributed by atoms with E-state index in [1.807, 2.05) is 19.1 Å². The van der Waals surface area contributed by atoms with Gasteiger partial charge in [-0.15, -0.1) is 0 Å². The minimum atomic E-state index is -1.45. The molecule has 2 saturated heterocycles. The minimum absolute atomic E-state index is 0.0218. The number of fused-ring (bicyclic) bond motifs is 1. The molecule has 0 saturated carbocycles.